The van der Waals surface area contributed by atoms with Gasteiger partial charge in [0.25, 0.3) is 17.7 Å². The summed E-state index contributed by atoms with van der Waals surface area (Å²) in [6, 6.07) is 36.7. The first-order valence-electron chi connectivity index (χ1n) is 20.8. The molecule has 9 rings (SSSR count). The van der Waals surface area contributed by atoms with Crippen molar-refractivity contribution in [1.29, 1.82) is 0 Å². The van der Waals surface area contributed by atoms with Crippen molar-refractivity contribution in [3.63, 3.8) is 0 Å². The maximum absolute atomic E-state index is 16.9. The Morgan fingerprint density at radius 2 is 1.37 bits per heavy atom. The Labute approximate surface area is 360 Å². The number of fused-ring (bicyclic) bond motifs is 4. The summed E-state index contributed by atoms with van der Waals surface area (Å²) < 4.78 is 35.4. The molecule has 5 aromatic rings. The van der Waals surface area contributed by atoms with E-state index >= 15 is 8.90 Å². The summed E-state index contributed by atoms with van der Waals surface area (Å²) in [5.74, 6) is -0.931. The zero-order valence-electron chi connectivity index (χ0n) is 34.7. The minimum atomic E-state index is -3.70. The minimum Gasteiger partial charge on any atom is -0.482 e. The number of hydrogen-bond acceptors (Lipinski definition) is 8. The number of ether oxygens (including phenoxy) is 3. The van der Waals surface area contributed by atoms with Crippen LogP contribution in [0.25, 0.3) is 0 Å². The molecule has 0 aromatic heterocycles. The van der Waals surface area contributed by atoms with E-state index in [4.69, 9.17) is 14.2 Å². The maximum atomic E-state index is 16.9. The summed E-state index contributed by atoms with van der Waals surface area (Å²) in [5, 5.41) is 9.98. The lowest BCUT2D eigenvalue weighted by molar-refractivity contribution is -0.150. The fraction of sp³-hybridized carbons (Fsp3) is 0.292. The molecular weight excluding hydrogens is 808 g/mol. The number of rotatable bonds is 11. The summed E-state index contributed by atoms with van der Waals surface area (Å²) in [6.07, 6.45) is -1.19. The van der Waals surface area contributed by atoms with E-state index in [2.05, 4.69) is 0 Å². The van der Waals surface area contributed by atoms with E-state index in [1.54, 1.807) is 69.1 Å². The van der Waals surface area contributed by atoms with Crippen molar-refractivity contribution in [2.75, 3.05) is 41.1 Å². The zero-order chi connectivity index (χ0) is 43.3. The average molecular weight is 855 g/mol. The first-order valence-corrected chi connectivity index (χ1v) is 23.8. The summed E-state index contributed by atoms with van der Waals surface area (Å²) in [5.41, 5.74) is 2.27. The van der Waals surface area contributed by atoms with Crippen molar-refractivity contribution in [1.82, 2.24) is 4.90 Å². The van der Waals surface area contributed by atoms with Crippen LogP contribution in [0.2, 0.25) is 18.6 Å². The number of carbonyl (C=O) groups is 4. The van der Waals surface area contributed by atoms with Gasteiger partial charge in [-0.25, -0.2) is 0 Å². The van der Waals surface area contributed by atoms with Crippen LogP contribution in [0.15, 0.2) is 121 Å². The Balaban J connectivity index is 1.12. The second kappa shape index (κ2) is 16.2. The topological polar surface area (TPSA) is 129 Å². The molecule has 1 saturated heterocycles. The fourth-order valence-electron chi connectivity index (χ4n) is 9.80. The van der Waals surface area contributed by atoms with Crippen molar-refractivity contribution in [3.05, 3.63) is 138 Å². The molecule has 62 heavy (non-hydrogen) atoms. The van der Waals surface area contributed by atoms with Gasteiger partial charge in [-0.2, -0.15) is 0 Å². The molecule has 4 atom stereocenters. The van der Waals surface area contributed by atoms with Gasteiger partial charge >= 0.3 is 0 Å². The van der Waals surface area contributed by atoms with Gasteiger partial charge in [-0.1, -0.05) is 73.7 Å². The molecule has 1 N–H and O–H groups in total. The van der Waals surface area contributed by atoms with E-state index in [1.165, 1.54) is 0 Å². The highest BCUT2D eigenvalue weighted by Crippen LogP contribution is 2.61. The minimum absolute atomic E-state index is 0.0664. The third kappa shape index (κ3) is 7.11. The molecule has 4 amide bonds. The molecule has 5 aromatic carbocycles. The second-order valence-electron chi connectivity index (χ2n) is 16.7. The number of para-hydroxylation sites is 4. The van der Waals surface area contributed by atoms with Crippen LogP contribution >= 0.6 is 0 Å². The molecule has 12 nitrogen and oxygen atoms in total. The number of anilines is 5. The first-order chi connectivity index (χ1) is 29.9. The van der Waals surface area contributed by atoms with Gasteiger partial charge in [-0.15, -0.1) is 0 Å². The molecule has 0 saturated carbocycles. The van der Waals surface area contributed by atoms with Crippen LogP contribution in [0.3, 0.4) is 0 Å². The average Bonchev–Trinajstić information content (AvgIpc) is 3.69. The van der Waals surface area contributed by atoms with Crippen LogP contribution in [0, 0.1) is 5.92 Å². The fourth-order valence-corrected chi connectivity index (χ4v) is 12.3. The molecule has 14 heteroatoms. The molecule has 0 bridgehead atoms. The molecule has 0 aliphatic carbocycles. The Hall–Kier alpha value is -6.35. The maximum Gasteiger partial charge on any atom is 0.269 e. The first kappa shape index (κ1) is 41.0. The van der Waals surface area contributed by atoms with Crippen LogP contribution in [0.4, 0.5) is 32.5 Å². The molecule has 4 heterocycles. The van der Waals surface area contributed by atoms with Crippen LogP contribution in [-0.2, 0) is 42.6 Å². The van der Waals surface area contributed by atoms with Crippen molar-refractivity contribution in [2.24, 2.45) is 5.92 Å². The van der Waals surface area contributed by atoms with Crippen LogP contribution < -0.4 is 24.2 Å². The van der Waals surface area contributed by atoms with Crippen LogP contribution in [0.5, 0.6) is 11.5 Å². The molecule has 0 radical (unpaired) electrons. The molecule has 318 valence electrons. The van der Waals surface area contributed by atoms with Gasteiger partial charge in [0.15, 0.2) is 18.8 Å². The van der Waals surface area contributed by atoms with Crippen molar-refractivity contribution in [3.8, 4) is 11.5 Å². The normalized spacial score (nSPS) is 21.7. The highest BCUT2D eigenvalue weighted by atomic mass is 28.4. The van der Waals surface area contributed by atoms with E-state index < -0.39 is 37.5 Å². The van der Waals surface area contributed by atoms with Gasteiger partial charge in [0, 0.05) is 41.5 Å². The number of halogens is 1. The quantitative estimate of drug-likeness (QED) is 0.107. The smallest absolute Gasteiger partial charge is 0.269 e. The molecule has 0 unspecified atom stereocenters. The number of aliphatic hydroxyl groups is 1. The lowest BCUT2D eigenvalue weighted by Gasteiger charge is -2.32. The number of hydrogen-bond donors (Lipinski definition) is 1. The molecule has 4 aliphatic heterocycles. The van der Waals surface area contributed by atoms with E-state index in [9.17, 15) is 19.5 Å². The second-order valence-corrected chi connectivity index (χ2v) is 20.5. The van der Waals surface area contributed by atoms with Crippen molar-refractivity contribution >= 4 is 60.5 Å². The molecule has 1 spiro atoms. The summed E-state index contributed by atoms with van der Waals surface area (Å²) in [7, 11) is -3.70. The van der Waals surface area contributed by atoms with Crippen LogP contribution in [0.1, 0.15) is 30.0 Å². The molecule has 4 aliphatic rings. The Morgan fingerprint density at radius 3 is 2.00 bits per heavy atom. The lowest BCUT2D eigenvalue weighted by Crippen LogP contribution is -2.45. The third-order valence-corrected chi connectivity index (χ3v) is 14.9. The Kier molecular flexibility index (Phi) is 10.7. The van der Waals surface area contributed by atoms with E-state index in [1.807, 2.05) is 91.9 Å². The summed E-state index contributed by atoms with van der Waals surface area (Å²) in [4.78, 5) is 63.0. The molecular formula is C48H47FN4O8Si. The van der Waals surface area contributed by atoms with Gasteiger partial charge in [0.1, 0.15) is 11.5 Å². The van der Waals surface area contributed by atoms with Gasteiger partial charge in [0.2, 0.25) is 14.3 Å². The number of nitrogens with zero attached hydrogens (tertiary/aromatic N) is 4. The van der Waals surface area contributed by atoms with Gasteiger partial charge < -0.3 is 33.2 Å². The number of benzene rings is 5. The number of amides is 4. The summed E-state index contributed by atoms with van der Waals surface area (Å²) >= 11 is 0. The predicted octanol–water partition coefficient (Wildman–Crippen LogP) is 7.53. The molecule has 1 fully saturated rings. The van der Waals surface area contributed by atoms with Crippen molar-refractivity contribution < 1.29 is 42.6 Å². The van der Waals surface area contributed by atoms with Gasteiger partial charge in [0.05, 0.1) is 42.7 Å². The largest absolute Gasteiger partial charge is 0.482 e. The van der Waals surface area contributed by atoms with Gasteiger partial charge in [-0.3, -0.25) is 29.0 Å². The SMILES string of the molecule is C[C@H]1[C@H]([Si](C)(C)F)[C@@H](CC(=O)N(CCO)Cc2ccccc2)O[C@]12C(=O)N(Cc1cccc(N3C(=O)COc4ccccc43)c1)c1ccc(N3C(=O)COc4ccccc43)cc12. The third-order valence-electron chi connectivity index (χ3n) is 12.4. The predicted molar refractivity (Wildman–Crippen MR) is 234 cm³/mol. The zero-order valence-corrected chi connectivity index (χ0v) is 35.7. The highest BCUT2D eigenvalue weighted by molar-refractivity contribution is 6.72. The van der Waals surface area contributed by atoms with Crippen LogP contribution in [-0.4, -0.2) is 74.5 Å². The monoisotopic (exact) mass is 854 g/mol. The number of carbonyl (C=O) groups excluding carboxylic acids is 4. The van der Waals surface area contributed by atoms with E-state index in [0.29, 0.717) is 51.1 Å². The highest BCUT2D eigenvalue weighted by Gasteiger charge is 2.67. The van der Waals surface area contributed by atoms with Crippen molar-refractivity contribution in [2.45, 2.75) is 56.8 Å². The number of aliphatic hydroxyl groups excluding tert-OH is 1. The van der Waals surface area contributed by atoms with E-state index in [-0.39, 0.29) is 63.6 Å². The van der Waals surface area contributed by atoms with E-state index in [0.717, 1.165) is 5.56 Å². The standard InChI is InChI=1S/C48H47FN4O8Si/c1-31-46(62(2,3)49)42(26-43(55)50(22-23-54)27-32-12-5-4-6-13-32)61-48(31)36-25-35(53-39-17-8-10-19-41(39)60-30-45(53)57)20-21-37(36)51(47(48)58)28-33-14-11-15-34(24-33)52-38-16-7-9-18-40(38)59-29-44(52)56/h4-21,24-25,31,42,46,54H,22-23,26-30H2,1-3H3/t31-,42+,46-,48+/m0/s1. The summed E-state index contributed by atoms with van der Waals surface area (Å²) in [6.45, 7) is 4.79. The van der Waals surface area contributed by atoms with Gasteiger partial charge in [-0.05, 0) is 78.8 Å². The Morgan fingerprint density at radius 1 is 0.774 bits per heavy atom. The lowest BCUT2D eigenvalue weighted by atomic mass is 9.82. The Bertz CT molecular complexity index is 2570.